The molecule has 0 spiro atoms. The van der Waals surface area contributed by atoms with Gasteiger partial charge in [0.1, 0.15) is 0 Å². The number of morpholine rings is 1. The number of rotatable bonds is 7. The fourth-order valence-corrected chi connectivity index (χ4v) is 4.44. The minimum atomic E-state index is -3.62. The molecule has 0 radical (unpaired) electrons. The molecule has 1 fully saturated rings. The summed E-state index contributed by atoms with van der Waals surface area (Å²) >= 11 is 5.99. The average molecular weight is 440 g/mol. The highest BCUT2D eigenvalue weighted by molar-refractivity contribution is 7.89. The number of sulfonamides is 1. The summed E-state index contributed by atoms with van der Waals surface area (Å²) in [6, 6.07) is 9.60. The van der Waals surface area contributed by atoms with E-state index in [1.54, 1.807) is 0 Å². The first-order valence-electron chi connectivity index (χ1n) is 8.68. The average Bonchev–Trinajstić information content (AvgIpc) is 2.73. The summed E-state index contributed by atoms with van der Waals surface area (Å²) < 4.78 is 31.7. The van der Waals surface area contributed by atoms with Crippen LogP contribution < -0.4 is 5.32 Å². The summed E-state index contributed by atoms with van der Waals surface area (Å²) in [4.78, 5) is 22.7. The van der Waals surface area contributed by atoms with Crippen LogP contribution in [0.1, 0.15) is 10.4 Å². The molecule has 1 aliphatic rings. The number of nitrogens with zero attached hydrogens (tertiary/aromatic N) is 2. The molecular weight excluding hydrogens is 422 g/mol. The minimum absolute atomic E-state index is 0.104. The molecule has 1 heterocycles. The van der Waals surface area contributed by atoms with Crippen LogP contribution in [0.25, 0.3) is 0 Å². The van der Waals surface area contributed by atoms with E-state index in [9.17, 15) is 23.3 Å². The van der Waals surface area contributed by atoms with Crippen molar-refractivity contribution in [1.82, 2.24) is 4.31 Å². The van der Waals surface area contributed by atoms with Crippen molar-refractivity contribution in [3.05, 3.63) is 63.2 Å². The van der Waals surface area contributed by atoms with Crippen LogP contribution >= 0.6 is 11.6 Å². The Balaban J connectivity index is 1.65. The number of ether oxygens (including phenoxy) is 1. The van der Waals surface area contributed by atoms with Gasteiger partial charge in [0, 0.05) is 30.8 Å². The smallest absolute Gasteiger partial charge is 0.271 e. The molecule has 2 aromatic carbocycles. The second kappa shape index (κ2) is 8.87. The van der Waals surface area contributed by atoms with E-state index in [4.69, 9.17) is 16.3 Å². The fourth-order valence-electron chi connectivity index (χ4n) is 2.79. The molecule has 0 aromatic heterocycles. The molecule has 0 unspecified atom stereocenters. The third kappa shape index (κ3) is 4.91. The van der Waals surface area contributed by atoms with Crippen molar-refractivity contribution >= 4 is 38.8 Å². The summed E-state index contributed by atoms with van der Waals surface area (Å²) in [5.41, 5.74) is 0.567. The molecule has 9 nitrogen and oxygen atoms in total. The number of Topliss-reactive ketones (excluding diaryl/α,β-unsaturated/α-hetero) is 1. The van der Waals surface area contributed by atoms with E-state index >= 15 is 0 Å². The number of ketones is 1. The second-order valence-electron chi connectivity index (χ2n) is 6.24. The van der Waals surface area contributed by atoms with Crippen LogP contribution in [-0.2, 0) is 14.8 Å². The number of carbonyl (C=O) groups excluding carboxylic acids is 1. The van der Waals surface area contributed by atoms with E-state index in [0.717, 1.165) is 0 Å². The summed E-state index contributed by atoms with van der Waals surface area (Å²) in [5.74, 6) is -0.283. The van der Waals surface area contributed by atoms with Gasteiger partial charge in [0.15, 0.2) is 5.78 Å². The number of non-ortho nitro benzene ring substituents is 1. The third-order valence-corrected chi connectivity index (χ3v) is 6.61. The molecule has 3 rings (SSSR count). The Bertz CT molecular complexity index is 1020. The van der Waals surface area contributed by atoms with Gasteiger partial charge < -0.3 is 10.1 Å². The van der Waals surface area contributed by atoms with Crippen molar-refractivity contribution in [3.63, 3.8) is 0 Å². The maximum atomic E-state index is 12.6. The number of benzene rings is 2. The molecule has 1 aliphatic heterocycles. The zero-order chi connectivity index (χ0) is 21.0. The Morgan fingerprint density at radius 1 is 1.17 bits per heavy atom. The monoisotopic (exact) mass is 439 g/mol. The van der Waals surface area contributed by atoms with Gasteiger partial charge in [-0.1, -0.05) is 11.6 Å². The Morgan fingerprint density at radius 3 is 2.41 bits per heavy atom. The van der Waals surface area contributed by atoms with Crippen molar-refractivity contribution < 1.29 is 22.9 Å². The molecule has 0 amide bonds. The Morgan fingerprint density at radius 2 is 1.83 bits per heavy atom. The topological polar surface area (TPSA) is 119 Å². The number of nitrogens with one attached hydrogen (secondary N) is 1. The van der Waals surface area contributed by atoms with Gasteiger partial charge in [-0.3, -0.25) is 14.9 Å². The van der Waals surface area contributed by atoms with Crippen LogP contribution in [0.2, 0.25) is 5.02 Å². The first-order chi connectivity index (χ1) is 13.8. The lowest BCUT2D eigenvalue weighted by Gasteiger charge is -2.26. The lowest BCUT2D eigenvalue weighted by Crippen LogP contribution is -2.40. The number of hydrogen-bond acceptors (Lipinski definition) is 7. The highest BCUT2D eigenvalue weighted by Gasteiger charge is 2.26. The summed E-state index contributed by atoms with van der Waals surface area (Å²) in [5, 5.41) is 13.7. The predicted molar refractivity (Wildman–Crippen MR) is 107 cm³/mol. The van der Waals surface area contributed by atoms with Gasteiger partial charge in [0.05, 0.1) is 40.3 Å². The Hall–Kier alpha value is -2.53. The quantitative estimate of drug-likeness (QED) is 0.400. The molecule has 0 saturated carbocycles. The lowest BCUT2D eigenvalue weighted by molar-refractivity contribution is -0.384. The molecule has 1 N–H and O–H groups in total. The molecule has 29 heavy (non-hydrogen) atoms. The minimum Gasteiger partial charge on any atom is -0.379 e. The number of nitro benzene ring substituents is 1. The van der Waals surface area contributed by atoms with Gasteiger partial charge in [0.2, 0.25) is 10.0 Å². The highest BCUT2D eigenvalue weighted by atomic mass is 35.5. The van der Waals surface area contributed by atoms with E-state index in [2.05, 4.69) is 5.32 Å². The molecule has 0 atom stereocenters. The standard InChI is InChI=1S/C18H18ClN3O6S/c19-16-11-14(22(24)25)3-6-17(16)20-12-18(23)13-1-4-15(5-2-13)29(26,27)21-7-9-28-10-8-21/h1-6,11,20H,7-10,12H2. The first-order valence-corrected chi connectivity index (χ1v) is 10.5. The van der Waals surface area contributed by atoms with Gasteiger partial charge in [-0.2, -0.15) is 4.31 Å². The number of halogens is 1. The number of anilines is 1. The van der Waals surface area contributed by atoms with Crippen molar-refractivity contribution in [2.75, 3.05) is 38.2 Å². The van der Waals surface area contributed by atoms with E-state index in [-0.39, 0.29) is 27.9 Å². The number of nitro groups is 1. The molecule has 1 saturated heterocycles. The molecule has 0 bridgehead atoms. The van der Waals surface area contributed by atoms with Gasteiger partial charge in [-0.15, -0.1) is 0 Å². The molecule has 0 aliphatic carbocycles. The van der Waals surface area contributed by atoms with Gasteiger partial charge >= 0.3 is 0 Å². The van der Waals surface area contributed by atoms with Gasteiger partial charge in [-0.05, 0) is 30.3 Å². The van der Waals surface area contributed by atoms with Crippen LogP contribution in [0.5, 0.6) is 0 Å². The Kier molecular flexibility index (Phi) is 6.48. The third-order valence-electron chi connectivity index (χ3n) is 4.39. The molecule has 2 aromatic rings. The van der Waals surface area contributed by atoms with E-state index in [0.29, 0.717) is 37.6 Å². The van der Waals surface area contributed by atoms with Crippen molar-refractivity contribution in [2.45, 2.75) is 4.90 Å². The van der Waals surface area contributed by atoms with Gasteiger partial charge in [0.25, 0.3) is 5.69 Å². The molecular formula is C18H18ClN3O6S. The zero-order valence-corrected chi connectivity index (χ0v) is 16.8. The van der Waals surface area contributed by atoms with Crippen LogP contribution in [0.3, 0.4) is 0 Å². The normalized spacial score (nSPS) is 15.1. The van der Waals surface area contributed by atoms with Gasteiger partial charge in [-0.25, -0.2) is 8.42 Å². The maximum absolute atomic E-state index is 12.6. The van der Waals surface area contributed by atoms with Crippen molar-refractivity contribution in [1.29, 1.82) is 0 Å². The lowest BCUT2D eigenvalue weighted by atomic mass is 10.1. The second-order valence-corrected chi connectivity index (χ2v) is 8.58. The summed E-state index contributed by atoms with van der Waals surface area (Å²) in [6.07, 6.45) is 0. The fraction of sp³-hybridized carbons (Fsp3) is 0.278. The summed E-state index contributed by atoms with van der Waals surface area (Å²) in [6.45, 7) is 1.19. The predicted octanol–water partition coefficient (Wildman–Crippen LogP) is 2.56. The highest BCUT2D eigenvalue weighted by Crippen LogP contribution is 2.26. The van der Waals surface area contributed by atoms with Crippen LogP contribution in [0.15, 0.2) is 47.4 Å². The van der Waals surface area contributed by atoms with E-state index in [1.165, 1.54) is 46.8 Å². The van der Waals surface area contributed by atoms with E-state index in [1.807, 2.05) is 0 Å². The largest absolute Gasteiger partial charge is 0.379 e. The van der Waals surface area contributed by atoms with E-state index < -0.39 is 14.9 Å². The molecule has 154 valence electrons. The van der Waals surface area contributed by atoms with Crippen molar-refractivity contribution in [3.8, 4) is 0 Å². The first kappa shape index (κ1) is 21.2. The Labute approximate surface area is 172 Å². The number of carbonyl (C=O) groups is 1. The number of hydrogen-bond donors (Lipinski definition) is 1. The SMILES string of the molecule is O=C(CNc1ccc([N+](=O)[O-])cc1Cl)c1ccc(S(=O)(=O)N2CCOCC2)cc1. The summed E-state index contributed by atoms with van der Waals surface area (Å²) in [7, 11) is -3.62. The zero-order valence-electron chi connectivity index (χ0n) is 15.2. The van der Waals surface area contributed by atoms with Crippen LogP contribution in [0.4, 0.5) is 11.4 Å². The van der Waals surface area contributed by atoms with Crippen LogP contribution in [0, 0.1) is 10.1 Å². The van der Waals surface area contributed by atoms with Crippen LogP contribution in [-0.4, -0.2) is 56.3 Å². The maximum Gasteiger partial charge on any atom is 0.271 e. The molecule has 11 heteroatoms. The van der Waals surface area contributed by atoms with Crippen molar-refractivity contribution in [2.24, 2.45) is 0 Å².